The number of hydrogen-bond acceptors (Lipinski definition) is 2. The Balaban J connectivity index is 2.69. The number of aromatic nitrogens is 1. The van der Waals surface area contributed by atoms with Crippen LogP contribution in [0.2, 0.25) is 0 Å². The zero-order chi connectivity index (χ0) is 12.1. The topological polar surface area (TPSA) is 62.0 Å². The molecule has 0 aliphatic rings. The molecule has 88 valence electrons. The lowest BCUT2D eigenvalue weighted by molar-refractivity contribution is 0.0928. The van der Waals surface area contributed by atoms with Crippen molar-refractivity contribution in [1.29, 1.82) is 0 Å². The highest BCUT2D eigenvalue weighted by Crippen LogP contribution is 2.07. The maximum Gasteiger partial charge on any atom is 0.251 e. The van der Waals surface area contributed by atoms with Crippen molar-refractivity contribution >= 4 is 5.91 Å². The summed E-state index contributed by atoms with van der Waals surface area (Å²) >= 11 is 0. The first kappa shape index (κ1) is 12.5. The molecule has 0 aromatic carbocycles. The Morgan fingerprint density at radius 3 is 2.75 bits per heavy atom. The molecule has 2 N–H and O–H groups in total. The molecular formula is C12H18N2O2. The molecule has 16 heavy (non-hydrogen) atoms. The third-order valence-corrected chi connectivity index (χ3v) is 2.89. The molecule has 2 atom stereocenters. The smallest absolute Gasteiger partial charge is 0.251 e. The number of amides is 1. The van der Waals surface area contributed by atoms with Crippen LogP contribution in [-0.4, -0.2) is 16.9 Å². The van der Waals surface area contributed by atoms with Gasteiger partial charge in [-0.1, -0.05) is 20.3 Å². The molecule has 1 heterocycles. The Hall–Kier alpha value is -1.58. The Morgan fingerprint density at radius 2 is 2.19 bits per heavy atom. The summed E-state index contributed by atoms with van der Waals surface area (Å²) in [7, 11) is 0. The minimum atomic E-state index is -0.260. The second kappa shape index (κ2) is 5.49. The Bertz CT molecular complexity index is 411. The maximum atomic E-state index is 11.8. The van der Waals surface area contributed by atoms with Gasteiger partial charge in [0.25, 0.3) is 5.91 Å². The van der Waals surface area contributed by atoms with Crippen molar-refractivity contribution < 1.29 is 4.79 Å². The van der Waals surface area contributed by atoms with Crippen molar-refractivity contribution in [3.63, 3.8) is 0 Å². The minimum absolute atomic E-state index is 0.108. The maximum absolute atomic E-state index is 11.8. The second-order valence-corrected chi connectivity index (χ2v) is 4.09. The van der Waals surface area contributed by atoms with Crippen LogP contribution in [0, 0.1) is 5.92 Å². The first-order valence-corrected chi connectivity index (χ1v) is 5.54. The average Bonchev–Trinajstić information content (AvgIpc) is 2.27. The van der Waals surface area contributed by atoms with E-state index in [9.17, 15) is 9.59 Å². The van der Waals surface area contributed by atoms with E-state index < -0.39 is 0 Å². The number of hydrogen-bond donors (Lipinski definition) is 2. The molecule has 0 fully saturated rings. The van der Waals surface area contributed by atoms with Gasteiger partial charge in [-0.3, -0.25) is 9.59 Å². The summed E-state index contributed by atoms with van der Waals surface area (Å²) in [6.07, 6.45) is 2.49. The number of H-pyrrole nitrogens is 1. The van der Waals surface area contributed by atoms with E-state index in [0.29, 0.717) is 11.5 Å². The van der Waals surface area contributed by atoms with Gasteiger partial charge in [0.15, 0.2) is 0 Å². The van der Waals surface area contributed by atoms with Gasteiger partial charge in [-0.2, -0.15) is 0 Å². The van der Waals surface area contributed by atoms with Gasteiger partial charge in [0.05, 0.1) is 0 Å². The SMILES string of the molecule is CCC(C)C(C)NC(=O)c1cc[nH]c(=O)c1. The highest BCUT2D eigenvalue weighted by atomic mass is 16.2. The van der Waals surface area contributed by atoms with Gasteiger partial charge in [0, 0.05) is 23.9 Å². The fourth-order valence-electron chi connectivity index (χ4n) is 1.37. The van der Waals surface area contributed by atoms with Gasteiger partial charge < -0.3 is 10.3 Å². The van der Waals surface area contributed by atoms with Crippen LogP contribution >= 0.6 is 0 Å². The molecular weight excluding hydrogens is 204 g/mol. The molecule has 0 bridgehead atoms. The summed E-state index contributed by atoms with van der Waals surface area (Å²) in [5.74, 6) is 0.227. The third kappa shape index (κ3) is 3.22. The van der Waals surface area contributed by atoms with E-state index in [0.717, 1.165) is 6.42 Å². The number of carbonyl (C=O) groups is 1. The molecule has 0 saturated heterocycles. The van der Waals surface area contributed by atoms with Gasteiger partial charge >= 0.3 is 0 Å². The van der Waals surface area contributed by atoms with E-state index in [1.807, 2.05) is 6.92 Å². The van der Waals surface area contributed by atoms with Crippen LogP contribution in [0.1, 0.15) is 37.6 Å². The molecule has 0 spiro atoms. The standard InChI is InChI=1S/C12H18N2O2/c1-4-8(2)9(3)14-12(16)10-5-6-13-11(15)7-10/h5-9H,4H2,1-3H3,(H,13,15)(H,14,16). The van der Waals surface area contributed by atoms with Crippen LogP contribution in [0.5, 0.6) is 0 Å². The molecule has 0 radical (unpaired) electrons. The molecule has 2 unspecified atom stereocenters. The first-order valence-electron chi connectivity index (χ1n) is 5.54. The van der Waals surface area contributed by atoms with E-state index in [-0.39, 0.29) is 17.5 Å². The molecule has 1 aromatic heterocycles. The molecule has 0 aliphatic heterocycles. The van der Waals surface area contributed by atoms with Gasteiger partial charge in [-0.25, -0.2) is 0 Å². The van der Waals surface area contributed by atoms with E-state index in [2.05, 4.69) is 24.1 Å². The first-order chi connectivity index (χ1) is 7.54. The molecule has 1 aromatic rings. The van der Waals surface area contributed by atoms with Crippen molar-refractivity contribution in [3.8, 4) is 0 Å². The quantitative estimate of drug-likeness (QED) is 0.811. The Morgan fingerprint density at radius 1 is 1.50 bits per heavy atom. The molecule has 0 aliphatic carbocycles. The largest absolute Gasteiger partial charge is 0.349 e. The molecule has 0 saturated carbocycles. The summed E-state index contributed by atoms with van der Waals surface area (Å²) < 4.78 is 0. The van der Waals surface area contributed by atoms with E-state index in [1.165, 1.54) is 12.3 Å². The lowest BCUT2D eigenvalue weighted by Crippen LogP contribution is -2.37. The molecule has 4 nitrogen and oxygen atoms in total. The number of pyridine rings is 1. The van der Waals surface area contributed by atoms with Crippen LogP contribution in [0.4, 0.5) is 0 Å². The number of nitrogens with one attached hydrogen (secondary N) is 2. The zero-order valence-electron chi connectivity index (χ0n) is 9.91. The van der Waals surface area contributed by atoms with Gasteiger partial charge in [-0.15, -0.1) is 0 Å². The minimum Gasteiger partial charge on any atom is -0.349 e. The third-order valence-electron chi connectivity index (χ3n) is 2.89. The molecule has 1 amide bonds. The van der Waals surface area contributed by atoms with Crippen molar-refractivity contribution in [3.05, 3.63) is 34.2 Å². The van der Waals surface area contributed by atoms with Gasteiger partial charge in [-0.05, 0) is 18.9 Å². The number of aromatic amines is 1. The monoisotopic (exact) mass is 222 g/mol. The van der Waals surface area contributed by atoms with Crippen LogP contribution in [0.25, 0.3) is 0 Å². The van der Waals surface area contributed by atoms with Crippen molar-refractivity contribution in [1.82, 2.24) is 10.3 Å². The molecule has 1 rings (SSSR count). The van der Waals surface area contributed by atoms with Crippen molar-refractivity contribution in [2.75, 3.05) is 0 Å². The summed E-state index contributed by atoms with van der Waals surface area (Å²) in [6.45, 7) is 6.14. The Kier molecular flexibility index (Phi) is 4.28. The van der Waals surface area contributed by atoms with Crippen LogP contribution < -0.4 is 10.9 Å². The fourth-order valence-corrected chi connectivity index (χ4v) is 1.37. The zero-order valence-corrected chi connectivity index (χ0v) is 9.91. The Labute approximate surface area is 95.1 Å². The normalized spacial score (nSPS) is 14.2. The molecule has 4 heteroatoms. The highest BCUT2D eigenvalue weighted by molar-refractivity contribution is 5.94. The van der Waals surface area contributed by atoms with E-state index in [4.69, 9.17) is 0 Å². The van der Waals surface area contributed by atoms with E-state index in [1.54, 1.807) is 6.07 Å². The summed E-state index contributed by atoms with van der Waals surface area (Å²) in [6, 6.07) is 3.01. The van der Waals surface area contributed by atoms with Crippen LogP contribution in [0.15, 0.2) is 23.1 Å². The number of rotatable bonds is 4. The predicted molar refractivity (Wildman–Crippen MR) is 63.4 cm³/mol. The van der Waals surface area contributed by atoms with Gasteiger partial charge in [0.2, 0.25) is 5.56 Å². The average molecular weight is 222 g/mol. The predicted octanol–water partition coefficient (Wildman–Crippen LogP) is 1.54. The van der Waals surface area contributed by atoms with Crippen molar-refractivity contribution in [2.24, 2.45) is 5.92 Å². The van der Waals surface area contributed by atoms with Gasteiger partial charge in [0.1, 0.15) is 0 Å². The summed E-state index contributed by atoms with van der Waals surface area (Å²) in [5.41, 5.74) is 0.141. The highest BCUT2D eigenvalue weighted by Gasteiger charge is 2.14. The lowest BCUT2D eigenvalue weighted by atomic mass is 10.0. The second-order valence-electron chi connectivity index (χ2n) is 4.09. The summed E-state index contributed by atoms with van der Waals surface area (Å²) in [4.78, 5) is 25.3. The van der Waals surface area contributed by atoms with Crippen LogP contribution in [-0.2, 0) is 0 Å². The van der Waals surface area contributed by atoms with E-state index >= 15 is 0 Å². The van der Waals surface area contributed by atoms with Crippen molar-refractivity contribution in [2.45, 2.75) is 33.2 Å². The summed E-state index contributed by atoms with van der Waals surface area (Å²) in [5, 5.41) is 2.88. The van der Waals surface area contributed by atoms with Crippen LogP contribution in [0.3, 0.4) is 0 Å². The fraction of sp³-hybridized carbons (Fsp3) is 0.500. The number of carbonyl (C=O) groups excluding carboxylic acids is 1. The lowest BCUT2D eigenvalue weighted by Gasteiger charge is -2.19.